The monoisotopic (exact) mass is 395 g/mol. The third-order valence-electron chi connectivity index (χ3n) is 5.68. The van der Waals surface area contributed by atoms with Crippen molar-refractivity contribution in [2.75, 3.05) is 19.7 Å². The summed E-state index contributed by atoms with van der Waals surface area (Å²) in [5, 5.41) is 21.4. The van der Waals surface area contributed by atoms with Crippen LogP contribution in [0.4, 0.5) is 0 Å². The maximum absolute atomic E-state index is 11.1. The van der Waals surface area contributed by atoms with Gasteiger partial charge in [0.25, 0.3) is 5.91 Å². The molecule has 1 aromatic rings. The molecule has 6 heteroatoms. The molecule has 1 amide bonds. The van der Waals surface area contributed by atoms with Crippen LogP contribution in [0.2, 0.25) is 0 Å². The van der Waals surface area contributed by atoms with Crippen LogP contribution in [0.15, 0.2) is 66.4 Å². The molecule has 4 N–H and O–H groups in total. The molecule has 0 aromatic heterocycles. The van der Waals surface area contributed by atoms with Crippen LogP contribution in [0.25, 0.3) is 6.08 Å². The van der Waals surface area contributed by atoms with Crippen LogP contribution in [-0.4, -0.2) is 46.9 Å². The third-order valence-corrected chi connectivity index (χ3v) is 5.68. The van der Waals surface area contributed by atoms with Gasteiger partial charge in [0.05, 0.1) is 12.6 Å². The second kappa shape index (κ2) is 9.69. The van der Waals surface area contributed by atoms with Gasteiger partial charge in [-0.2, -0.15) is 0 Å². The first-order chi connectivity index (χ1) is 14.0. The summed E-state index contributed by atoms with van der Waals surface area (Å²) in [6.45, 7) is 4.63. The average molecular weight is 396 g/mol. The number of hydrogen-bond donors (Lipinski definition) is 4. The molecule has 0 fully saturated rings. The molecule has 0 spiro atoms. The van der Waals surface area contributed by atoms with Gasteiger partial charge in [0.1, 0.15) is 0 Å². The first-order valence-corrected chi connectivity index (χ1v) is 9.91. The lowest BCUT2D eigenvalue weighted by atomic mass is 9.73. The third kappa shape index (κ3) is 5.23. The number of nitrogens with zero attached hydrogens (tertiary/aromatic N) is 1. The lowest BCUT2D eigenvalue weighted by molar-refractivity contribution is -0.124. The summed E-state index contributed by atoms with van der Waals surface area (Å²) >= 11 is 0. The van der Waals surface area contributed by atoms with Gasteiger partial charge in [-0.1, -0.05) is 54.1 Å². The lowest BCUT2D eigenvalue weighted by Gasteiger charge is -2.35. The van der Waals surface area contributed by atoms with Gasteiger partial charge in [0.15, 0.2) is 0 Å². The Labute approximate surface area is 171 Å². The van der Waals surface area contributed by atoms with Crippen LogP contribution in [-0.2, 0) is 11.3 Å². The summed E-state index contributed by atoms with van der Waals surface area (Å²) in [5.74, 6) is -0.557. The SMILES string of the molecule is CC12C=CNC1C=CC=C2CCN(CCO)Cc1ccc(/C=C/C(=O)NO)cc1. The Hall–Kier alpha value is -2.67. The molecular formula is C23H29N3O3. The van der Waals surface area contributed by atoms with Gasteiger partial charge >= 0.3 is 0 Å². The van der Waals surface area contributed by atoms with E-state index >= 15 is 0 Å². The second-order valence-corrected chi connectivity index (χ2v) is 7.64. The van der Waals surface area contributed by atoms with Crippen molar-refractivity contribution in [1.82, 2.24) is 15.7 Å². The first-order valence-electron chi connectivity index (χ1n) is 9.91. The molecule has 1 aliphatic carbocycles. The van der Waals surface area contributed by atoms with Crippen LogP contribution < -0.4 is 10.8 Å². The molecule has 2 atom stereocenters. The van der Waals surface area contributed by atoms with Crippen LogP contribution in [0, 0.1) is 5.41 Å². The molecule has 2 unspecified atom stereocenters. The molecule has 0 radical (unpaired) electrons. The van der Waals surface area contributed by atoms with E-state index in [0.717, 1.165) is 30.6 Å². The number of carbonyl (C=O) groups excluding carboxylic acids is 1. The molecule has 2 aliphatic rings. The number of hydroxylamine groups is 1. The maximum Gasteiger partial charge on any atom is 0.267 e. The molecule has 0 saturated heterocycles. The van der Waals surface area contributed by atoms with Crippen molar-refractivity contribution >= 4 is 12.0 Å². The molecule has 1 aliphatic heterocycles. The Bertz CT molecular complexity index is 826. The Kier molecular flexibility index (Phi) is 7.04. The van der Waals surface area contributed by atoms with E-state index in [1.807, 2.05) is 30.5 Å². The zero-order chi connectivity index (χ0) is 20.7. The number of benzene rings is 1. The predicted octanol–water partition coefficient (Wildman–Crippen LogP) is 2.38. The van der Waals surface area contributed by atoms with Crippen LogP contribution in [0.3, 0.4) is 0 Å². The van der Waals surface area contributed by atoms with E-state index in [1.165, 1.54) is 11.6 Å². The van der Waals surface area contributed by atoms with Crippen molar-refractivity contribution < 1.29 is 15.1 Å². The number of nitrogens with one attached hydrogen (secondary N) is 2. The topological polar surface area (TPSA) is 84.8 Å². The van der Waals surface area contributed by atoms with Gasteiger partial charge in [-0.3, -0.25) is 14.9 Å². The summed E-state index contributed by atoms with van der Waals surface area (Å²) in [5.41, 5.74) is 5.02. The van der Waals surface area contributed by atoms with E-state index in [2.05, 4.69) is 41.4 Å². The van der Waals surface area contributed by atoms with Gasteiger partial charge in [-0.15, -0.1) is 0 Å². The highest BCUT2D eigenvalue weighted by Gasteiger charge is 2.37. The highest BCUT2D eigenvalue weighted by Crippen LogP contribution is 2.40. The van der Waals surface area contributed by atoms with E-state index in [9.17, 15) is 9.90 Å². The van der Waals surface area contributed by atoms with Gasteiger partial charge in [-0.05, 0) is 36.7 Å². The zero-order valence-electron chi connectivity index (χ0n) is 16.7. The molecular weight excluding hydrogens is 366 g/mol. The van der Waals surface area contributed by atoms with E-state index < -0.39 is 5.91 Å². The molecule has 0 bridgehead atoms. The van der Waals surface area contributed by atoms with Gasteiger partial charge in [0.2, 0.25) is 0 Å². The number of carbonyl (C=O) groups is 1. The summed E-state index contributed by atoms with van der Waals surface area (Å²) in [7, 11) is 0. The quantitative estimate of drug-likeness (QED) is 0.293. The van der Waals surface area contributed by atoms with Gasteiger partial charge < -0.3 is 10.4 Å². The van der Waals surface area contributed by atoms with Crippen molar-refractivity contribution in [3.05, 3.63) is 77.5 Å². The van der Waals surface area contributed by atoms with Crippen molar-refractivity contribution in [2.24, 2.45) is 5.41 Å². The number of rotatable bonds is 9. The number of hydrogen-bond acceptors (Lipinski definition) is 5. The van der Waals surface area contributed by atoms with Gasteiger partial charge in [-0.25, -0.2) is 5.48 Å². The smallest absolute Gasteiger partial charge is 0.267 e. The van der Waals surface area contributed by atoms with E-state index in [-0.39, 0.29) is 12.0 Å². The van der Waals surface area contributed by atoms with E-state index in [4.69, 9.17) is 5.21 Å². The Morgan fingerprint density at radius 2 is 2.10 bits per heavy atom. The predicted molar refractivity (Wildman–Crippen MR) is 114 cm³/mol. The minimum absolute atomic E-state index is 0.0223. The summed E-state index contributed by atoms with van der Waals surface area (Å²) in [6, 6.07) is 8.22. The van der Waals surface area contributed by atoms with E-state index in [1.54, 1.807) is 11.6 Å². The first kappa shape index (κ1) is 21.0. The fourth-order valence-corrected chi connectivity index (χ4v) is 3.87. The average Bonchev–Trinajstić information content (AvgIpc) is 3.13. The van der Waals surface area contributed by atoms with Crippen LogP contribution >= 0.6 is 0 Å². The Balaban J connectivity index is 1.59. The molecule has 29 heavy (non-hydrogen) atoms. The fraction of sp³-hybridized carbons (Fsp3) is 0.348. The highest BCUT2D eigenvalue weighted by atomic mass is 16.5. The van der Waals surface area contributed by atoms with Crippen LogP contribution in [0.1, 0.15) is 24.5 Å². The molecule has 1 heterocycles. The van der Waals surface area contributed by atoms with Crippen LogP contribution in [0.5, 0.6) is 0 Å². The number of amides is 1. The lowest BCUT2D eigenvalue weighted by Crippen LogP contribution is -2.37. The summed E-state index contributed by atoms with van der Waals surface area (Å²) < 4.78 is 0. The number of allylic oxidation sites excluding steroid dienone is 2. The van der Waals surface area contributed by atoms with E-state index in [0.29, 0.717) is 12.6 Å². The van der Waals surface area contributed by atoms with Gasteiger partial charge in [0, 0.05) is 31.1 Å². The molecule has 154 valence electrons. The normalized spacial score (nSPS) is 22.6. The molecule has 1 aromatic carbocycles. The van der Waals surface area contributed by atoms with Crippen molar-refractivity contribution in [2.45, 2.75) is 25.9 Å². The Morgan fingerprint density at radius 1 is 1.31 bits per heavy atom. The maximum atomic E-state index is 11.1. The standard InChI is InChI=1S/C23H29N3O3/c1-23-12-13-24-21(23)4-2-3-20(23)11-14-26(15-16-27)17-19-7-5-18(6-8-19)9-10-22(28)25-29/h2-10,12-13,21,24,27,29H,11,14-17H2,1H3,(H,25,28)/b10-9+. The molecule has 3 rings (SSSR count). The summed E-state index contributed by atoms with van der Waals surface area (Å²) in [4.78, 5) is 13.3. The van der Waals surface area contributed by atoms with Crippen molar-refractivity contribution in [3.8, 4) is 0 Å². The molecule has 0 saturated carbocycles. The number of aliphatic hydroxyl groups is 1. The summed E-state index contributed by atoms with van der Waals surface area (Å²) in [6.07, 6.45) is 14.7. The highest BCUT2D eigenvalue weighted by molar-refractivity contribution is 5.90. The minimum Gasteiger partial charge on any atom is -0.395 e. The number of aliphatic hydroxyl groups excluding tert-OH is 1. The fourth-order valence-electron chi connectivity index (χ4n) is 3.87. The number of fused-ring (bicyclic) bond motifs is 1. The molecule has 6 nitrogen and oxygen atoms in total. The zero-order valence-corrected chi connectivity index (χ0v) is 16.7. The second-order valence-electron chi connectivity index (χ2n) is 7.64. The minimum atomic E-state index is -0.557. The largest absolute Gasteiger partial charge is 0.395 e. The van der Waals surface area contributed by atoms with Crippen molar-refractivity contribution in [3.63, 3.8) is 0 Å². The Morgan fingerprint density at radius 3 is 2.83 bits per heavy atom. The van der Waals surface area contributed by atoms with Crippen molar-refractivity contribution in [1.29, 1.82) is 0 Å².